The van der Waals surface area contributed by atoms with Crippen LogP contribution in [0.15, 0.2) is 36.5 Å². The molecule has 0 saturated carbocycles. The topological polar surface area (TPSA) is 111 Å². The van der Waals surface area contributed by atoms with Crippen LogP contribution in [0, 0.1) is 0 Å². The van der Waals surface area contributed by atoms with E-state index in [1.54, 1.807) is 24.3 Å². The second-order valence-electron chi connectivity index (χ2n) is 3.84. The summed E-state index contributed by atoms with van der Waals surface area (Å²) in [6.07, 6.45) is 1.32. The van der Waals surface area contributed by atoms with Crippen molar-refractivity contribution >= 4 is 11.7 Å². The van der Waals surface area contributed by atoms with Gasteiger partial charge in [-0.1, -0.05) is 18.2 Å². The summed E-state index contributed by atoms with van der Waals surface area (Å²) >= 11 is 0. The number of nitrogens with two attached hydrogens (primary N) is 2. The van der Waals surface area contributed by atoms with E-state index in [-0.39, 0.29) is 23.7 Å². The molecule has 0 radical (unpaired) electrons. The highest BCUT2D eigenvalue weighted by Gasteiger charge is 2.13. The van der Waals surface area contributed by atoms with E-state index in [4.69, 9.17) is 16.2 Å². The normalized spacial score (nSPS) is 10.2. The minimum absolute atomic E-state index is 0.139. The summed E-state index contributed by atoms with van der Waals surface area (Å²) in [6.45, 7) is -0.176. The molecule has 6 heteroatoms. The fraction of sp³-hybridized carbons (Fsp3) is 0.0769. The lowest BCUT2D eigenvalue weighted by Crippen LogP contribution is -2.13. The van der Waals surface area contributed by atoms with E-state index in [1.165, 1.54) is 12.3 Å². The van der Waals surface area contributed by atoms with Crippen LogP contribution in [0.5, 0.6) is 11.5 Å². The maximum atomic E-state index is 11.3. The number of primary amides is 1. The number of anilines is 1. The molecule has 1 heterocycles. The van der Waals surface area contributed by atoms with Gasteiger partial charge in [-0.25, -0.2) is 4.98 Å². The number of hydrogen-bond acceptors (Lipinski definition) is 5. The van der Waals surface area contributed by atoms with Crippen LogP contribution < -0.4 is 16.2 Å². The summed E-state index contributed by atoms with van der Waals surface area (Å²) in [4.78, 5) is 15.2. The molecule has 0 aliphatic carbocycles. The van der Waals surface area contributed by atoms with Gasteiger partial charge in [-0.2, -0.15) is 0 Å². The second-order valence-corrected chi connectivity index (χ2v) is 3.84. The molecule has 0 spiro atoms. The van der Waals surface area contributed by atoms with Crippen molar-refractivity contribution in [1.29, 1.82) is 0 Å². The molecule has 5 N–H and O–H groups in total. The van der Waals surface area contributed by atoms with Gasteiger partial charge < -0.3 is 21.3 Å². The zero-order chi connectivity index (χ0) is 13.8. The molecule has 19 heavy (non-hydrogen) atoms. The molecule has 0 aliphatic heterocycles. The molecule has 2 rings (SSSR count). The summed E-state index contributed by atoms with van der Waals surface area (Å²) in [6, 6.07) is 8.26. The quantitative estimate of drug-likeness (QED) is 0.759. The Hall–Kier alpha value is -2.60. The molecule has 0 atom stereocenters. The predicted octanol–water partition coefficient (Wildman–Crippen LogP) is 1.05. The van der Waals surface area contributed by atoms with Crippen molar-refractivity contribution in [3.05, 3.63) is 47.7 Å². The summed E-state index contributed by atoms with van der Waals surface area (Å²) in [7, 11) is 0. The summed E-state index contributed by atoms with van der Waals surface area (Å²) in [5.41, 5.74) is 11.5. The van der Waals surface area contributed by atoms with Crippen LogP contribution in [0.25, 0.3) is 0 Å². The van der Waals surface area contributed by atoms with E-state index in [0.717, 1.165) is 0 Å². The number of rotatable bonds is 4. The van der Waals surface area contributed by atoms with Gasteiger partial charge in [0.25, 0.3) is 5.91 Å². The van der Waals surface area contributed by atoms with E-state index >= 15 is 0 Å². The maximum Gasteiger partial charge on any atom is 0.252 e. The van der Waals surface area contributed by atoms with Crippen molar-refractivity contribution in [2.24, 2.45) is 5.73 Å². The van der Waals surface area contributed by atoms with Crippen molar-refractivity contribution < 1.29 is 14.6 Å². The van der Waals surface area contributed by atoms with Crippen LogP contribution in [-0.4, -0.2) is 16.0 Å². The molecule has 0 saturated heterocycles. The molecular formula is C13H13N3O3. The number of nitrogens with zero attached hydrogens (tertiary/aromatic N) is 1. The Labute approximate surface area is 109 Å². The van der Waals surface area contributed by atoms with Gasteiger partial charge in [0.15, 0.2) is 5.75 Å². The Balaban J connectivity index is 2.41. The van der Waals surface area contributed by atoms with Gasteiger partial charge in [-0.15, -0.1) is 0 Å². The highest BCUT2D eigenvalue weighted by molar-refractivity contribution is 5.96. The lowest BCUT2D eigenvalue weighted by atomic mass is 10.2. The highest BCUT2D eigenvalue weighted by atomic mass is 16.5. The van der Waals surface area contributed by atoms with Crippen molar-refractivity contribution in [3.8, 4) is 11.5 Å². The van der Waals surface area contributed by atoms with E-state index < -0.39 is 5.91 Å². The van der Waals surface area contributed by atoms with Crippen LogP contribution in [-0.2, 0) is 6.61 Å². The van der Waals surface area contributed by atoms with Crippen molar-refractivity contribution in [3.63, 3.8) is 0 Å². The standard InChI is InChI=1S/C13H13N3O3/c14-12-5-9(13(15)18)11(6-16-12)19-10-4-2-1-3-8(10)7-17/h1-6,17H,7H2,(H2,14,16)(H2,15,18). The van der Waals surface area contributed by atoms with Crippen LogP contribution in [0.2, 0.25) is 0 Å². The molecule has 2 aromatic rings. The molecule has 0 aliphatic rings. The van der Waals surface area contributed by atoms with Gasteiger partial charge in [-0.3, -0.25) is 4.79 Å². The summed E-state index contributed by atoms with van der Waals surface area (Å²) in [5.74, 6) is 0.142. The third-order valence-corrected chi connectivity index (χ3v) is 2.52. The van der Waals surface area contributed by atoms with Gasteiger partial charge in [0, 0.05) is 5.56 Å². The van der Waals surface area contributed by atoms with Crippen molar-refractivity contribution in [2.75, 3.05) is 5.73 Å². The first kappa shape index (κ1) is 12.8. The average molecular weight is 259 g/mol. The van der Waals surface area contributed by atoms with Crippen LogP contribution in [0.4, 0.5) is 5.82 Å². The van der Waals surface area contributed by atoms with Crippen LogP contribution in [0.1, 0.15) is 15.9 Å². The Morgan fingerprint density at radius 2 is 2.05 bits per heavy atom. The number of para-hydroxylation sites is 1. The molecule has 0 fully saturated rings. The third kappa shape index (κ3) is 2.80. The zero-order valence-electron chi connectivity index (χ0n) is 10.0. The monoisotopic (exact) mass is 259 g/mol. The van der Waals surface area contributed by atoms with Gasteiger partial charge >= 0.3 is 0 Å². The van der Waals surface area contributed by atoms with Crippen molar-refractivity contribution in [1.82, 2.24) is 4.98 Å². The van der Waals surface area contributed by atoms with E-state index in [9.17, 15) is 9.90 Å². The zero-order valence-corrected chi connectivity index (χ0v) is 10.0. The van der Waals surface area contributed by atoms with E-state index in [0.29, 0.717) is 11.3 Å². The van der Waals surface area contributed by atoms with Gasteiger partial charge in [0.05, 0.1) is 18.4 Å². The van der Waals surface area contributed by atoms with Crippen molar-refractivity contribution in [2.45, 2.75) is 6.61 Å². The Morgan fingerprint density at radius 1 is 1.32 bits per heavy atom. The van der Waals surface area contributed by atoms with Crippen LogP contribution >= 0.6 is 0 Å². The molecule has 6 nitrogen and oxygen atoms in total. The fourth-order valence-corrected chi connectivity index (χ4v) is 1.59. The number of nitrogen functional groups attached to an aromatic ring is 1. The van der Waals surface area contributed by atoms with Gasteiger partial charge in [-0.05, 0) is 12.1 Å². The summed E-state index contributed by atoms with van der Waals surface area (Å²) < 4.78 is 5.57. The SMILES string of the molecule is NC(=O)c1cc(N)ncc1Oc1ccccc1CO. The lowest BCUT2D eigenvalue weighted by Gasteiger charge is -2.11. The molecule has 0 bridgehead atoms. The second kappa shape index (κ2) is 5.36. The smallest absolute Gasteiger partial charge is 0.252 e. The largest absolute Gasteiger partial charge is 0.455 e. The molecule has 1 amide bonds. The molecule has 0 unspecified atom stereocenters. The number of ether oxygens (including phenoxy) is 1. The minimum atomic E-state index is -0.662. The van der Waals surface area contributed by atoms with Gasteiger partial charge in [0.1, 0.15) is 11.6 Å². The first-order valence-corrected chi connectivity index (χ1v) is 5.53. The Kier molecular flexibility index (Phi) is 3.63. The van der Waals surface area contributed by atoms with Crippen LogP contribution in [0.3, 0.4) is 0 Å². The third-order valence-electron chi connectivity index (χ3n) is 2.52. The molecule has 1 aromatic carbocycles. The Bertz CT molecular complexity index is 614. The lowest BCUT2D eigenvalue weighted by molar-refractivity contribution is 0.0998. The number of aliphatic hydroxyl groups excluding tert-OH is 1. The predicted molar refractivity (Wildman–Crippen MR) is 69.6 cm³/mol. The molecule has 98 valence electrons. The minimum Gasteiger partial charge on any atom is -0.455 e. The first-order valence-electron chi connectivity index (χ1n) is 5.53. The number of aromatic nitrogens is 1. The number of amides is 1. The number of benzene rings is 1. The number of carbonyl (C=O) groups is 1. The first-order chi connectivity index (χ1) is 9.11. The maximum absolute atomic E-state index is 11.3. The average Bonchev–Trinajstić information content (AvgIpc) is 2.41. The van der Waals surface area contributed by atoms with E-state index in [1.807, 2.05) is 0 Å². The number of hydrogen-bond donors (Lipinski definition) is 3. The Morgan fingerprint density at radius 3 is 2.74 bits per heavy atom. The fourth-order valence-electron chi connectivity index (χ4n) is 1.59. The number of carbonyl (C=O) groups excluding carboxylic acids is 1. The van der Waals surface area contributed by atoms with E-state index in [2.05, 4.69) is 4.98 Å². The highest BCUT2D eigenvalue weighted by Crippen LogP contribution is 2.28. The number of pyridine rings is 1. The molecular weight excluding hydrogens is 246 g/mol. The van der Waals surface area contributed by atoms with Gasteiger partial charge in [0.2, 0.25) is 0 Å². The summed E-state index contributed by atoms with van der Waals surface area (Å²) in [5, 5.41) is 9.21. The molecule has 1 aromatic heterocycles. The number of aliphatic hydroxyl groups is 1.